The minimum Gasteiger partial charge on any atom is -0.331 e. The second-order valence-electron chi connectivity index (χ2n) is 10.5. The normalized spacial score (nSPS) is 17.1. The van der Waals surface area contributed by atoms with Crippen molar-refractivity contribution in [1.82, 2.24) is 15.2 Å². The number of hydrogen-bond acceptors (Lipinski definition) is 5. The van der Waals surface area contributed by atoms with Crippen molar-refractivity contribution in [2.24, 2.45) is 0 Å². The Bertz CT molecular complexity index is 1480. The maximum absolute atomic E-state index is 14.3. The predicted octanol–water partition coefficient (Wildman–Crippen LogP) is 7.53. The van der Waals surface area contributed by atoms with Gasteiger partial charge in [-0.1, -0.05) is 36.7 Å². The summed E-state index contributed by atoms with van der Waals surface area (Å²) in [5.41, 5.74) is 3.98. The van der Waals surface area contributed by atoms with Gasteiger partial charge in [-0.2, -0.15) is 0 Å². The lowest BCUT2D eigenvalue weighted by molar-refractivity contribution is -0.114. The molecule has 1 aliphatic carbocycles. The summed E-state index contributed by atoms with van der Waals surface area (Å²) < 4.78 is 0.881. The van der Waals surface area contributed by atoms with Crippen molar-refractivity contribution in [1.29, 1.82) is 0 Å². The number of nitrogens with one attached hydrogen (secondary N) is 2. The number of carbonyl (C=O) groups excluding carboxylic acids is 2. The third-order valence-electron chi connectivity index (χ3n) is 7.52. The molecule has 1 fully saturated rings. The number of rotatable bonds is 9. The third kappa shape index (κ3) is 6.54. The fourth-order valence-electron chi connectivity index (χ4n) is 5.51. The lowest BCUT2D eigenvalue weighted by Gasteiger charge is -2.37. The number of amides is 2. The molecule has 1 aliphatic rings. The van der Waals surface area contributed by atoms with Crippen LogP contribution in [0.2, 0.25) is 5.02 Å². The summed E-state index contributed by atoms with van der Waals surface area (Å²) in [5, 5.41) is 7.78. The summed E-state index contributed by atoms with van der Waals surface area (Å²) in [4.78, 5) is 32.6. The number of fused-ring (bicyclic) bond motifs is 1. The van der Waals surface area contributed by atoms with Crippen molar-refractivity contribution < 1.29 is 9.59 Å². The molecule has 2 heterocycles. The van der Waals surface area contributed by atoms with Gasteiger partial charge in [0.1, 0.15) is 4.88 Å². The van der Waals surface area contributed by atoms with Crippen molar-refractivity contribution in [2.45, 2.75) is 64.6 Å². The summed E-state index contributed by atoms with van der Waals surface area (Å²) >= 11 is 8.24. The largest absolute Gasteiger partial charge is 0.331 e. The van der Waals surface area contributed by atoms with Crippen LogP contribution in [0.4, 0.5) is 5.69 Å². The van der Waals surface area contributed by atoms with Crippen LogP contribution in [0.25, 0.3) is 21.2 Å². The number of hydrogen-bond donors (Lipinski definition) is 2. The smallest absolute Gasteiger partial charge is 0.266 e. The van der Waals surface area contributed by atoms with E-state index in [0.29, 0.717) is 28.2 Å². The van der Waals surface area contributed by atoms with Gasteiger partial charge in [0.25, 0.3) is 5.91 Å². The Morgan fingerprint density at radius 2 is 1.80 bits per heavy atom. The van der Waals surface area contributed by atoms with E-state index < -0.39 is 0 Å². The van der Waals surface area contributed by atoms with Gasteiger partial charge in [0.15, 0.2) is 0 Å². The molecule has 0 unspecified atom stereocenters. The summed E-state index contributed by atoms with van der Waals surface area (Å²) in [7, 11) is 0. The average molecular weight is 575 g/mol. The van der Waals surface area contributed by atoms with Gasteiger partial charge in [-0.05, 0) is 91.7 Å². The summed E-state index contributed by atoms with van der Waals surface area (Å²) in [6.45, 7) is 5.20. The summed E-state index contributed by atoms with van der Waals surface area (Å²) in [6, 6.07) is 18.6. The number of halogens is 1. The predicted molar refractivity (Wildman–Crippen MR) is 165 cm³/mol. The maximum Gasteiger partial charge on any atom is 0.266 e. The van der Waals surface area contributed by atoms with Crippen LogP contribution in [0.15, 0.2) is 67.0 Å². The first-order valence-electron chi connectivity index (χ1n) is 14.0. The third-order valence-corrected chi connectivity index (χ3v) is 9.16. The Labute approximate surface area is 244 Å². The molecule has 2 aromatic heterocycles. The monoisotopic (exact) mass is 574 g/mol. The number of pyridine rings is 1. The van der Waals surface area contributed by atoms with Gasteiger partial charge in [0.2, 0.25) is 5.91 Å². The van der Waals surface area contributed by atoms with E-state index in [0.717, 1.165) is 65.4 Å². The second-order valence-corrected chi connectivity index (χ2v) is 11.9. The molecule has 2 amide bonds. The number of thiophene rings is 1. The van der Waals surface area contributed by atoms with Crippen LogP contribution in [0.5, 0.6) is 0 Å². The van der Waals surface area contributed by atoms with Crippen LogP contribution < -0.4 is 10.6 Å². The molecule has 0 radical (unpaired) electrons. The second kappa shape index (κ2) is 12.9. The van der Waals surface area contributed by atoms with Crippen molar-refractivity contribution >= 4 is 50.5 Å². The molecule has 0 bridgehead atoms. The van der Waals surface area contributed by atoms with E-state index in [1.54, 1.807) is 12.4 Å². The molecule has 2 aromatic carbocycles. The van der Waals surface area contributed by atoms with Crippen LogP contribution in [0.1, 0.15) is 61.2 Å². The van der Waals surface area contributed by atoms with Gasteiger partial charge in [0.05, 0.1) is 5.02 Å². The van der Waals surface area contributed by atoms with Crippen LogP contribution in [-0.2, 0) is 11.3 Å². The fourth-order valence-corrected chi connectivity index (χ4v) is 7.02. The van der Waals surface area contributed by atoms with E-state index >= 15 is 0 Å². The van der Waals surface area contributed by atoms with E-state index in [-0.39, 0.29) is 17.9 Å². The molecule has 8 heteroatoms. The lowest BCUT2D eigenvalue weighted by atomic mass is 9.89. The highest BCUT2D eigenvalue weighted by atomic mass is 35.5. The Morgan fingerprint density at radius 1 is 1.02 bits per heavy atom. The molecule has 40 heavy (non-hydrogen) atoms. The topological polar surface area (TPSA) is 74.3 Å². The highest BCUT2D eigenvalue weighted by molar-refractivity contribution is 7.21. The zero-order valence-corrected chi connectivity index (χ0v) is 24.5. The average Bonchev–Trinajstić information content (AvgIpc) is 3.30. The highest BCUT2D eigenvalue weighted by Gasteiger charge is 2.32. The minimum absolute atomic E-state index is 0.0356. The minimum atomic E-state index is -0.137. The highest BCUT2D eigenvalue weighted by Crippen LogP contribution is 2.39. The Hall–Kier alpha value is -3.26. The zero-order chi connectivity index (χ0) is 28.1. The standard InChI is InChI=1S/C32H35ClN4O2S/c1-3-15-35-25-7-10-27(11-8-25)37(20-22-5-4-6-24(18-22)23-13-16-34-17-14-23)32(39)31-30(33)28-12-9-26(36-21(2)38)19-29(28)40-31/h4-6,9,12-14,16-19,25,27,35H,3,7-8,10-11,15,20H2,1-2H3,(H,36,38). The summed E-state index contributed by atoms with van der Waals surface area (Å²) in [6.07, 6.45) is 8.70. The fraction of sp³-hybridized carbons (Fsp3) is 0.344. The van der Waals surface area contributed by atoms with Crippen molar-refractivity contribution in [3.8, 4) is 11.1 Å². The molecular weight excluding hydrogens is 540 g/mol. The van der Waals surface area contributed by atoms with Crippen molar-refractivity contribution in [3.05, 3.63) is 82.5 Å². The molecule has 5 rings (SSSR count). The molecule has 0 aliphatic heterocycles. The number of nitrogens with zero attached hydrogens (tertiary/aromatic N) is 2. The Morgan fingerprint density at radius 3 is 2.52 bits per heavy atom. The van der Waals surface area contributed by atoms with Crippen LogP contribution in [0.3, 0.4) is 0 Å². The lowest BCUT2D eigenvalue weighted by Crippen LogP contribution is -2.45. The molecule has 0 spiro atoms. The van der Waals surface area contributed by atoms with Gasteiger partial charge < -0.3 is 15.5 Å². The van der Waals surface area contributed by atoms with Crippen molar-refractivity contribution in [2.75, 3.05) is 11.9 Å². The van der Waals surface area contributed by atoms with Crippen LogP contribution in [0, 0.1) is 0 Å². The number of benzene rings is 2. The van der Waals surface area contributed by atoms with Crippen LogP contribution in [-0.4, -0.2) is 40.3 Å². The molecule has 4 aromatic rings. The zero-order valence-electron chi connectivity index (χ0n) is 23.0. The number of aromatic nitrogens is 1. The first-order valence-corrected chi connectivity index (χ1v) is 15.2. The van der Waals surface area contributed by atoms with Gasteiger partial charge >= 0.3 is 0 Å². The van der Waals surface area contributed by atoms with E-state index in [2.05, 4.69) is 46.8 Å². The van der Waals surface area contributed by atoms with E-state index in [1.807, 2.05) is 35.2 Å². The molecular formula is C32H35ClN4O2S. The SMILES string of the molecule is CCCNC1CCC(N(Cc2cccc(-c3ccncc3)c2)C(=O)c2sc3cc(NC(C)=O)ccc3c2Cl)CC1. The summed E-state index contributed by atoms with van der Waals surface area (Å²) in [5.74, 6) is -0.172. The number of anilines is 1. The van der Waals surface area contributed by atoms with Crippen LogP contribution >= 0.6 is 22.9 Å². The van der Waals surface area contributed by atoms with E-state index in [1.165, 1.54) is 18.3 Å². The maximum atomic E-state index is 14.3. The van der Waals surface area contributed by atoms with Gasteiger partial charge in [-0.25, -0.2) is 0 Å². The molecule has 0 atom stereocenters. The first-order chi connectivity index (χ1) is 19.4. The van der Waals surface area contributed by atoms with E-state index in [4.69, 9.17) is 11.6 Å². The molecule has 6 nitrogen and oxygen atoms in total. The molecule has 0 saturated heterocycles. The Balaban J connectivity index is 1.45. The molecule has 208 valence electrons. The molecule has 2 N–H and O–H groups in total. The van der Waals surface area contributed by atoms with Gasteiger partial charge in [-0.3, -0.25) is 14.6 Å². The van der Waals surface area contributed by atoms with E-state index in [9.17, 15) is 9.59 Å². The number of carbonyl (C=O) groups is 2. The quantitative estimate of drug-likeness (QED) is 0.217. The first kappa shape index (κ1) is 28.3. The Kier molecular flexibility index (Phi) is 9.15. The van der Waals surface area contributed by atoms with Gasteiger partial charge in [0, 0.05) is 53.7 Å². The van der Waals surface area contributed by atoms with Crippen molar-refractivity contribution in [3.63, 3.8) is 0 Å². The molecule has 1 saturated carbocycles. The van der Waals surface area contributed by atoms with Gasteiger partial charge in [-0.15, -0.1) is 11.3 Å².